The molecule has 8 aromatic rings. The molecule has 0 saturated heterocycles. The van der Waals surface area contributed by atoms with Crippen molar-refractivity contribution in [3.63, 3.8) is 0 Å². The molecule has 8 aromatic carbocycles. The summed E-state index contributed by atoms with van der Waals surface area (Å²) in [4.78, 5) is 48.7. The highest BCUT2D eigenvalue weighted by atomic mass is 16.5. The summed E-state index contributed by atoms with van der Waals surface area (Å²) in [6.45, 7) is 10.6. The Bertz CT molecular complexity index is 3990. The van der Waals surface area contributed by atoms with Crippen LogP contribution in [-0.4, -0.2) is 70.7 Å². The largest absolute Gasteiger partial charge is 0.493 e. The summed E-state index contributed by atoms with van der Waals surface area (Å²) < 4.78 is 29.7. The van der Waals surface area contributed by atoms with Gasteiger partial charge in [-0.1, -0.05) is 259 Å². The lowest BCUT2D eigenvalue weighted by molar-refractivity contribution is 0.0686. The summed E-state index contributed by atoms with van der Waals surface area (Å²) in [7, 11) is 0. The molecule has 8 bridgehead atoms. The minimum absolute atomic E-state index is 0.118. The molecule has 0 atom stereocenters. The minimum Gasteiger partial charge on any atom is -0.493 e. The lowest BCUT2D eigenvalue weighted by Gasteiger charge is -2.24. The van der Waals surface area contributed by atoms with Gasteiger partial charge in [0, 0.05) is 70.2 Å². The van der Waals surface area contributed by atoms with Crippen molar-refractivity contribution in [3.8, 4) is 23.0 Å². The Hall–Kier alpha value is -10.8. The number of unbranched alkanes of at least 4 members (excludes halogenated alkanes) is 36. The minimum atomic E-state index is -1.06. The molecule has 1 aliphatic carbocycles. The fourth-order valence-corrected chi connectivity index (χ4v) is 16.0. The van der Waals surface area contributed by atoms with Crippen LogP contribution >= 0.6 is 0 Å². The van der Waals surface area contributed by atoms with Gasteiger partial charge in [0.2, 0.25) is 0 Å². The third kappa shape index (κ3) is 34.7. The number of azo groups is 4. The van der Waals surface area contributed by atoms with Crippen LogP contribution in [0, 0.1) is 0 Å². The van der Waals surface area contributed by atoms with Crippen LogP contribution in [0.5, 0.6) is 23.0 Å². The van der Waals surface area contributed by atoms with Crippen molar-refractivity contribution in [2.45, 2.75) is 310 Å². The quantitative estimate of drug-likeness (QED) is 0.0204. The predicted molar refractivity (Wildman–Crippen MR) is 497 cm³/mol. The number of hydrogen-bond donors (Lipinski definition) is 4. The zero-order chi connectivity index (χ0) is 87.6. The van der Waals surface area contributed by atoms with Gasteiger partial charge in [0.15, 0.2) is 0 Å². The second-order valence-electron chi connectivity index (χ2n) is 33.4. The molecule has 9 rings (SSSR count). The fourth-order valence-electron chi connectivity index (χ4n) is 16.0. The summed E-state index contributed by atoms with van der Waals surface area (Å²) in [5.41, 5.74) is 10.5. The number of carboxylic acids is 4. The van der Waals surface area contributed by atoms with Crippen molar-refractivity contribution in [1.29, 1.82) is 0 Å². The molecule has 0 fully saturated rings. The van der Waals surface area contributed by atoms with Gasteiger partial charge in [-0.25, -0.2) is 19.2 Å². The highest BCUT2D eigenvalue weighted by molar-refractivity contribution is 5.89. The van der Waals surface area contributed by atoms with Crippen LogP contribution in [0.25, 0.3) is 0 Å². The number of aromatic carboxylic acids is 4. The van der Waals surface area contributed by atoms with Gasteiger partial charge in [-0.2, -0.15) is 40.9 Å². The van der Waals surface area contributed by atoms with Crippen molar-refractivity contribution in [2.75, 3.05) is 26.4 Å². The molecule has 20 nitrogen and oxygen atoms in total. The molecule has 0 aromatic heterocycles. The van der Waals surface area contributed by atoms with E-state index in [9.17, 15) is 39.6 Å². The zero-order valence-corrected chi connectivity index (χ0v) is 74.4. The van der Waals surface area contributed by atoms with E-state index in [1.54, 1.807) is 48.5 Å². The van der Waals surface area contributed by atoms with E-state index in [1.165, 1.54) is 203 Å². The molecule has 20 heteroatoms. The fraction of sp³-hybridized carbons (Fsp3) is 0.500. The normalized spacial score (nSPS) is 12.2. The Morgan fingerprint density at radius 3 is 0.492 bits per heavy atom. The van der Waals surface area contributed by atoms with Crippen LogP contribution in [0.1, 0.15) is 370 Å². The number of benzene rings is 8. The van der Waals surface area contributed by atoms with Gasteiger partial charge in [-0.3, -0.25) is 0 Å². The molecule has 0 amide bonds. The van der Waals surface area contributed by atoms with Gasteiger partial charge >= 0.3 is 23.9 Å². The van der Waals surface area contributed by atoms with E-state index < -0.39 is 23.9 Å². The van der Waals surface area contributed by atoms with Crippen LogP contribution in [0.2, 0.25) is 0 Å². The average Bonchev–Trinajstić information content (AvgIpc) is 0.770. The number of carbonyl (C=O) groups is 4. The number of rotatable bonds is 60. The van der Waals surface area contributed by atoms with Crippen molar-refractivity contribution in [3.05, 3.63) is 212 Å². The maximum atomic E-state index is 12.2. The molecule has 0 unspecified atom stereocenters. The topological polar surface area (TPSA) is 285 Å². The first-order valence-corrected chi connectivity index (χ1v) is 46.8. The second kappa shape index (κ2) is 56.2. The Labute approximate surface area is 736 Å². The predicted octanol–water partition coefficient (Wildman–Crippen LogP) is 32.0. The van der Waals surface area contributed by atoms with Crippen LogP contribution in [0.3, 0.4) is 0 Å². The van der Waals surface area contributed by atoms with Gasteiger partial charge in [-0.15, -0.1) is 0 Å². The van der Waals surface area contributed by atoms with Gasteiger partial charge in [0.1, 0.15) is 23.0 Å². The number of fused-ring (bicyclic) bond motifs is 8. The highest BCUT2D eigenvalue weighted by Crippen LogP contribution is 2.45. The maximum Gasteiger partial charge on any atom is 0.335 e. The first-order chi connectivity index (χ1) is 60.7. The lowest BCUT2D eigenvalue weighted by Crippen LogP contribution is -2.10. The molecule has 124 heavy (non-hydrogen) atoms. The van der Waals surface area contributed by atoms with Crippen molar-refractivity contribution in [2.24, 2.45) is 40.9 Å². The number of carboxylic acid groups (broad SMARTS) is 4. The third-order valence-corrected chi connectivity index (χ3v) is 23.0. The number of hydrogen-bond acceptors (Lipinski definition) is 16. The van der Waals surface area contributed by atoms with E-state index in [4.69, 9.17) is 59.9 Å². The van der Waals surface area contributed by atoms with E-state index in [2.05, 4.69) is 27.7 Å². The molecule has 1 aliphatic rings. The maximum absolute atomic E-state index is 12.2. The van der Waals surface area contributed by atoms with E-state index in [0.717, 1.165) is 147 Å². The Kier molecular flexibility index (Phi) is 44.0. The summed E-state index contributed by atoms with van der Waals surface area (Å²) in [6, 6.07) is 41.4. The van der Waals surface area contributed by atoms with Crippen LogP contribution < -0.4 is 18.9 Å². The standard InChI is InChI=1S/C104H136N8O12/c1-5-9-13-17-21-25-29-33-37-41-61-121-97-81-65-83-71-94(110-106-90-55-47-78(48-56-90)102(115)116)73-85(98(83)122-62-42-38-34-30-26-22-18-14-10-6-2)67-87-75-96(112-108-92-59-51-80(52-60-92)104(119)120)76-88(100(87)124-64-44-40-36-32-28-24-20-16-12-8-4)68-86-74-95(111-107-91-57-49-79(50-58-91)103(117)118)72-84(99(86)123-63-43-39-35-31-27-23-19-15-11-7-3)66-82(97)70-93(69-81)109-105-89-53-45-77(46-54-89)101(113)114/h45-60,69-76H,5-44,61-68H2,1-4H3,(H,113,114)(H,115,116)(H,117,118)(H,119,120). The lowest BCUT2D eigenvalue weighted by atomic mass is 9.90. The second-order valence-corrected chi connectivity index (χ2v) is 33.4. The Morgan fingerprint density at radius 1 is 0.210 bits per heavy atom. The SMILES string of the molecule is CCCCCCCCCCCCOc1c2cc(N=Nc3ccc(C(=O)O)cc3)cc1Cc1cc(N=Nc3ccc(C(=O)O)cc3)cc(c1OCCCCCCCCCCCC)Cc1cc(N=Nc3ccc(C(=O)O)cc3)cc(c1OCCCCCCCCCCCC)Cc1cc(N=Nc3ccc(C(=O)O)cc3)cc(c1OCCCCCCCCCCCC)C2. The van der Waals surface area contributed by atoms with Gasteiger partial charge in [0.05, 0.1) is 94.2 Å². The molecule has 4 N–H and O–H groups in total. The van der Waals surface area contributed by atoms with Crippen LogP contribution in [0.15, 0.2) is 187 Å². The van der Waals surface area contributed by atoms with Crippen LogP contribution in [0.4, 0.5) is 45.5 Å². The molecular weight excluding hydrogens is 1550 g/mol. The Balaban J connectivity index is 1.30. The first-order valence-electron chi connectivity index (χ1n) is 46.8. The number of ether oxygens (including phenoxy) is 4. The molecule has 0 spiro atoms. The monoisotopic (exact) mass is 1690 g/mol. The van der Waals surface area contributed by atoms with E-state index in [0.29, 0.717) is 94.9 Å². The van der Waals surface area contributed by atoms with E-state index >= 15 is 0 Å². The van der Waals surface area contributed by atoms with E-state index in [-0.39, 0.29) is 47.9 Å². The Morgan fingerprint density at radius 2 is 0.347 bits per heavy atom. The highest BCUT2D eigenvalue weighted by Gasteiger charge is 2.26. The van der Waals surface area contributed by atoms with Crippen LogP contribution in [-0.2, 0) is 25.7 Å². The summed E-state index contributed by atoms with van der Waals surface area (Å²) >= 11 is 0. The molecular formula is C104H136N8O12. The molecule has 664 valence electrons. The summed E-state index contributed by atoms with van der Waals surface area (Å²) in [5, 5.41) is 79.0. The van der Waals surface area contributed by atoms with Crippen molar-refractivity contribution < 1.29 is 58.6 Å². The van der Waals surface area contributed by atoms with Gasteiger partial charge < -0.3 is 39.4 Å². The number of nitrogens with zero attached hydrogens (tertiary/aromatic N) is 8. The molecule has 0 heterocycles. The average molecular weight is 1690 g/mol. The van der Waals surface area contributed by atoms with Gasteiger partial charge in [0.25, 0.3) is 0 Å². The van der Waals surface area contributed by atoms with Crippen molar-refractivity contribution >= 4 is 69.4 Å². The first kappa shape index (κ1) is 97.1. The third-order valence-electron chi connectivity index (χ3n) is 23.0. The molecule has 0 saturated carbocycles. The van der Waals surface area contributed by atoms with Gasteiger partial charge in [-0.05, 0) is 171 Å². The molecule has 0 radical (unpaired) electrons. The van der Waals surface area contributed by atoms with Crippen molar-refractivity contribution in [1.82, 2.24) is 0 Å². The summed E-state index contributed by atoms with van der Waals surface area (Å²) in [5.74, 6) is -1.64. The van der Waals surface area contributed by atoms with E-state index in [1.807, 2.05) is 48.5 Å². The zero-order valence-electron chi connectivity index (χ0n) is 74.4. The smallest absolute Gasteiger partial charge is 0.335 e. The molecule has 0 aliphatic heterocycles. The summed E-state index contributed by atoms with van der Waals surface area (Å²) in [6.07, 6.45) is 46.5.